The monoisotopic (exact) mass is 203 g/mol. The molecule has 0 aliphatic carbocycles. The zero-order chi connectivity index (χ0) is 10.6. The Labute approximate surface area is 87.6 Å². The summed E-state index contributed by atoms with van der Waals surface area (Å²) in [5, 5.41) is 0. The molecule has 0 N–H and O–H groups in total. The van der Waals surface area contributed by atoms with Crippen LogP contribution in [0.2, 0.25) is 19.6 Å². The van der Waals surface area contributed by atoms with E-state index in [1.54, 1.807) is 0 Å². The highest BCUT2D eigenvalue weighted by Crippen LogP contribution is 2.05. The summed E-state index contributed by atoms with van der Waals surface area (Å²) >= 11 is 0. The van der Waals surface area contributed by atoms with Crippen LogP contribution in [0.5, 0.6) is 0 Å². The minimum atomic E-state index is -1.26. The first-order valence-corrected chi connectivity index (χ1v) is 8.50. The van der Waals surface area contributed by atoms with Gasteiger partial charge in [-0.2, -0.15) is 0 Å². The molecule has 0 unspecified atom stereocenters. The Kier molecular flexibility index (Phi) is 3.48. The van der Waals surface area contributed by atoms with Crippen molar-refractivity contribution in [2.45, 2.75) is 33.0 Å². The molecule has 74 valence electrons. The third kappa shape index (κ3) is 3.35. The van der Waals surface area contributed by atoms with E-state index < -0.39 is 8.07 Å². The molecule has 0 aliphatic heterocycles. The van der Waals surface area contributed by atoms with Crippen molar-refractivity contribution in [1.29, 1.82) is 0 Å². The van der Waals surface area contributed by atoms with Gasteiger partial charge in [-0.05, 0) is 18.6 Å². The molecule has 1 nitrogen and oxygen atoms in total. The van der Waals surface area contributed by atoms with Gasteiger partial charge in [-0.1, -0.05) is 32.5 Å². The number of aryl methyl sites for hydroxylation is 1. The topological polar surface area (TPSA) is 12.9 Å². The van der Waals surface area contributed by atoms with Gasteiger partial charge in [0.05, 0.1) is 5.69 Å². The molecule has 0 radical (unpaired) electrons. The first-order chi connectivity index (χ1) is 6.53. The van der Waals surface area contributed by atoms with E-state index >= 15 is 0 Å². The van der Waals surface area contributed by atoms with E-state index in [9.17, 15) is 0 Å². The van der Waals surface area contributed by atoms with E-state index in [1.165, 1.54) is 0 Å². The third-order valence-electron chi connectivity index (χ3n) is 1.80. The maximum absolute atomic E-state index is 4.31. The molecular formula is C12H17NSi. The average Bonchev–Trinajstić information content (AvgIpc) is 2.14. The van der Waals surface area contributed by atoms with Crippen molar-refractivity contribution >= 4 is 8.07 Å². The second-order valence-electron chi connectivity index (χ2n) is 4.35. The summed E-state index contributed by atoms with van der Waals surface area (Å²) in [5.74, 6) is 3.25. The first kappa shape index (κ1) is 11.0. The molecule has 2 heteroatoms. The minimum absolute atomic E-state index is 0.955. The summed E-state index contributed by atoms with van der Waals surface area (Å²) < 4.78 is 0. The van der Waals surface area contributed by atoms with Crippen molar-refractivity contribution in [1.82, 2.24) is 4.98 Å². The molecule has 1 aromatic rings. The Bertz CT molecular complexity index is 366. The molecule has 0 aromatic carbocycles. The molecule has 0 amide bonds. The summed E-state index contributed by atoms with van der Waals surface area (Å²) in [6.45, 7) is 8.87. The first-order valence-electron chi connectivity index (χ1n) is 5.00. The highest BCUT2D eigenvalue weighted by Gasteiger charge is 2.07. The number of rotatable bonds is 1. The Balaban J connectivity index is 3.00. The number of aromatic nitrogens is 1. The normalized spacial score (nSPS) is 10.6. The fraction of sp³-hybridized carbons (Fsp3) is 0.417. The lowest BCUT2D eigenvalue weighted by Gasteiger charge is -2.04. The lowest BCUT2D eigenvalue weighted by molar-refractivity contribution is 1.03. The summed E-state index contributed by atoms with van der Waals surface area (Å²) in [5.41, 5.74) is 5.57. The van der Waals surface area contributed by atoms with Gasteiger partial charge in [0.1, 0.15) is 8.07 Å². The number of hydrogen-bond acceptors (Lipinski definition) is 1. The summed E-state index contributed by atoms with van der Waals surface area (Å²) in [7, 11) is -1.26. The van der Waals surface area contributed by atoms with Gasteiger partial charge < -0.3 is 0 Å². The maximum atomic E-state index is 4.31. The SMILES string of the molecule is CCc1ncccc1C#C[Si](C)(C)C. The molecule has 0 bridgehead atoms. The van der Waals surface area contributed by atoms with Crippen LogP contribution in [0.1, 0.15) is 18.2 Å². The predicted molar refractivity (Wildman–Crippen MR) is 63.8 cm³/mol. The molecular weight excluding hydrogens is 186 g/mol. The van der Waals surface area contributed by atoms with Gasteiger partial charge in [0.2, 0.25) is 0 Å². The zero-order valence-corrected chi connectivity index (χ0v) is 10.4. The van der Waals surface area contributed by atoms with Gasteiger partial charge in [0.15, 0.2) is 0 Å². The van der Waals surface area contributed by atoms with Gasteiger partial charge in [-0.15, -0.1) is 5.54 Å². The van der Waals surface area contributed by atoms with E-state index in [4.69, 9.17) is 0 Å². The van der Waals surface area contributed by atoms with E-state index in [0.29, 0.717) is 0 Å². The van der Waals surface area contributed by atoms with Gasteiger partial charge in [0, 0.05) is 11.8 Å². The molecule has 0 atom stereocenters. The fourth-order valence-corrected chi connectivity index (χ4v) is 1.60. The lowest BCUT2D eigenvalue weighted by Crippen LogP contribution is -2.16. The maximum Gasteiger partial charge on any atom is 0.129 e. The van der Waals surface area contributed by atoms with E-state index in [2.05, 4.69) is 49.1 Å². The van der Waals surface area contributed by atoms with Gasteiger partial charge in [-0.25, -0.2) is 0 Å². The van der Waals surface area contributed by atoms with Crippen LogP contribution in [-0.2, 0) is 6.42 Å². The van der Waals surface area contributed by atoms with E-state index in [1.807, 2.05) is 12.3 Å². The molecule has 1 heterocycles. The van der Waals surface area contributed by atoms with Gasteiger partial charge in [-0.3, -0.25) is 4.98 Å². The van der Waals surface area contributed by atoms with Crippen LogP contribution < -0.4 is 0 Å². The molecule has 0 spiro atoms. The Morgan fingerprint density at radius 3 is 2.64 bits per heavy atom. The number of nitrogens with zero attached hydrogens (tertiary/aromatic N) is 1. The Morgan fingerprint density at radius 1 is 1.36 bits per heavy atom. The van der Waals surface area contributed by atoms with Crippen LogP contribution in [0.4, 0.5) is 0 Å². The van der Waals surface area contributed by atoms with Crippen molar-refractivity contribution in [3.63, 3.8) is 0 Å². The van der Waals surface area contributed by atoms with Gasteiger partial charge in [0.25, 0.3) is 0 Å². The van der Waals surface area contributed by atoms with E-state index in [0.717, 1.165) is 17.7 Å². The van der Waals surface area contributed by atoms with Crippen molar-refractivity contribution in [2.24, 2.45) is 0 Å². The van der Waals surface area contributed by atoms with Crippen LogP contribution >= 0.6 is 0 Å². The molecule has 0 saturated carbocycles. The fourth-order valence-electron chi connectivity index (χ4n) is 1.09. The number of hydrogen-bond donors (Lipinski definition) is 0. The highest BCUT2D eigenvalue weighted by molar-refractivity contribution is 6.83. The molecule has 14 heavy (non-hydrogen) atoms. The van der Waals surface area contributed by atoms with Crippen LogP contribution in [0.15, 0.2) is 18.3 Å². The second-order valence-corrected chi connectivity index (χ2v) is 9.10. The van der Waals surface area contributed by atoms with Crippen LogP contribution in [0.25, 0.3) is 0 Å². The minimum Gasteiger partial charge on any atom is -0.260 e. The molecule has 0 aliphatic rings. The summed E-state index contributed by atoms with van der Waals surface area (Å²) in [4.78, 5) is 4.31. The van der Waals surface area contributed by atoms with Crippen LogP contribution in [-0.4, -0.2) is 13.1 Å². The molecule has 1 aromatic heterocycles. The largest absolute Gasteiger partial charge is 0.260 e. The van der Waals surface area contributed by atoms with E-state index in [-0.39, 0.29) is 0 Å². The second kappa shape index (κ2) is 4.43. The van der Waals surface area contributed by atoms with Crippen molar-refractivity contribution < 1.29 is 0 Å². The lowest BCUT2D eigenvalue weighted by atomic mass is 10.2. The van der Waals surface area contributed by atoms with Crippen LogP contribution in [0.3, 0.4) is 0 Å². The van der Waals surface area contributed by atoms with Gasteiger partial charge >= 0.3 is 0 Å². The van der Waals surface area contributed by atoms with Crippen molar-refractivity contribution in [3.05, 3.63) is 29.6 Å². The zero-order valence-electron chi connectivity index (χ0n) is 9.39. The standard InChI is InChI=1S/C12H17NSi/c1-5-12-11(7-6-9-13-12)8-10-14(2,3)4/h6-7,9H,5H2,1-4H3. The van der Waals surface area contributed by atoms with Crippen molar-refractivity contribution in [3.8, 4) is 11.5 Å². The average molecular weight is 203 g/mol. The Morgan fingerprint density at radius 2 is 2.07 bits per heavy atom. The third-order valence-corrected chi connectivity index (χ3v) is 2.67. The predicted octanol–water partition coefficient (Wildman–Crippen LogP) is 2.87. The molecule has 0 saturated heterocycles. The number of pyridine rings is 1. The smallest absolute Gasteiger partial charge is 0.129 e. The highest BCUT2D eigenvalue weighted by atomic mass is 28.3. The van der Waals surface area contributed by atoms with Crippen LogP contribution in [0, 0.1) is 11.5 Å². The van der Waals surface area contributed by atoms with Crippen molar-refractivity contribution in [2.75, 3.05) is 0 Å². The summed E-state index contributed by atoms with van der Waals surface area (Å²) in [6, 6.07) is 4.01. The Hall–Kier alpha value is -1.07. The molecule has 0 fully saturated rings. The summed E-state index contributed by atoms with van der Waals surface area (Å²) in [6.07, 6.45) is 2.79. The molecule has 1 rings (SSSR count). The quantitative estimate of drug-likeness (QED) is 0.505.